The number of halogens is 1. The van der Waals surface area contributed by atoms with Crippen LogP contribution in [0.15, 0.2) is 36.4 Å². The molecule has 2 aromatic carbocycles. The number of carbonyl (C=O) groups is 1. The van der Waals surface area contributed by atoms with Crippen LogP contribution >= 0.6 is 0 Å². The molecule has 1 aliphatic heterocycles. The minimum atomic E-state index is -0.585. The summed E-state index contributed by atoms with van der Waals surface area (Å²) in [7, 11) is 1.53. The van der Waals surface area contributed by atoms with Crippen LogP contribution < -0.4 is 20.1 Å². The summed E-state index contributed by atoms with van der Waals surface area (Å²) in [4.78, 5) is 12.1. The molecule has 0 aromatic heterocycles. The van der Waals surface area contributed by atoms with E-state index in [0.717, 1.165) is 5.56 Å². The number of hydrogen-bond acceptors (Lipinski definition) is 5. The highest BCUT2D eigenvalue weighted by molar-refractivity contribution is 5.95. The molecule has 0 saturated carbocycles. The Hall–Kier alpha value is -2.64. The third-order valence-corrected chi connectivity index (χ3v) is 3.98. The van der Waals surface area contributed by atoms with Gasteiger partial charge >= 0.3 is 0 Å². The van der Waals surface area contributed by atoms with Crippen molar-refractivity contribution in [1.82, 2.24) is 5.32 Å². The van der Waals surface area contributed by atoms with Crippen LogP contribution in [0.1, 0.15) is 5.56 Å². The maximum atomic E-state index is 14.4. The van der Waals surface area contributed by atoms with E-state index in [9.17, 15) is 9.18 Å². The molecule has 0 radical (unpaired) electrons. The van der Waals surface area contributed by atoms with Crippen molar-refractivity contribution in [2.45, 2.75) is 13.0 Å². The quantitative estimate of drug-likeness (QED) is 0.858. The van der Waals surface area contributed by atoms with Crippen LogP contribution in [0.5, 0.6) is 17.2 Å². The number of hydrogen-bond donors (Lipinski definition) is 2. The first kappa shape index (κ1) is 18.2. The minimum absolute atomic E-state index is 0.0456. The second kappa shape index (κ2) is 8.16. The fourth-order valence-electron chi connectivity index (χ4n) is 2.60. The summed E-state index contributed by atoms with van der Waals surface area (Å²) < 4.78 is 30.5. The number of morpholine rings is 1. The lowest BCUT2D eigenvalue weighted by atomic mass is 10.2. The summed E-state index contributed by atoms with van der Waals surface area (Å²) in [6.07, 6.45) is 0. The topological polar surface area (TPSA) is 68.8 Å². The molecule has 0 spiro atoms. The summed E-state index contributed by atoms with van der Waals surface area (Å²) >= 11 is 0. The first-order valence-electron chi connectivity index (χ1n) is 8.31. The van der Waals surface area contributed by atoms with E-state index in [2.05, 4.69) is 10.6 Å². The summed E-state index contributed by atoms with van der Waals surface area (Å²) in [5.74, 6) is 0.128. The van der Waals surface area contributed by atoms with Gasteiger partial charge in [-0.1, -0.05) is 6.07 Å². The van der Waals surface area contributed by atoms with Crippen molar-refractivity contribution >= 4 is 11.6 Å². The molecule has 1 saturated heterocycles. The molecule has 0 bridgehead atoms. The van der Waals surface area contributed by atoms with Gasteiger partial charge in [0, 0.05) is 18.3 Å². The molecule has 3 rings (SSSR count). The lowest BCUT2D eigenvalue weighted by molar-refractivity contribution is -0.120. The second-order valence-corrected chi connectivity index (χ2v) is 5.97. The Morgan fingerprint density at radius 3 is 2.73 bits per heavy atom. The van der Waals surface area contributed by atoms with Crippen molar-refractivity contribution in [3.63, 3.8) is 0 Å². The Kier molecular flexibility index (Phi) is 5.70. The Bertz CT molecular complexity index is 791. The number of anilines is 1. The van der Waals surface area contributed by atoms with Crippen LogP contribution in [0.3, 0.4) is 0 Å². The zero-order valence-electron chi connectivity index (χ0n) is 14.7. The van der Waals surface area contributed by atoms with Gasteiger partial charge < -0.3 is 24.8 Å². The van der Waals surface area contributed by atoms with Gasteiger partial charge in [0.25, 0.3) is 0 Å². The number of nitrogens with one attached hydrogen (secondary N) is 2. The molecule has 2 aromatic rings. The van der Waals surface area contributed by atoms with Gasteiger partial charge in [-0.3, -0.25) is 4.79 Å². The summed E-state index contributed by atoms with van der Waals surface area (Å²) in [6.45, 7) is 3.41. The number of methoxy groups -OCH3 is 1. The largest absolute Gasteiger partial charge is 0.493 e. The smallest absolute Gasteiger partial charge is 0.243 e. The number of rotatable bonds is 5. The average Bonchev–Trinajstić information content (AvgIpc) is 2.65. The molecule has 2 N–H and O–H groups in total. The van der Waals surface area contributed by atoms with Gasteiger partial charge in [0.1, 0.15) is 6.04 Å². The Morgan fingerprint density at radius 1 is 1.23 bits per heavy atom. The fourth-order valence-corrected chi connectivity index (χ4v) is 2.60. The van der Waals surface area contributed by atoms with Crippen molar-refractivity contribution < 1.29 is 23.4 Å². The summed E-state index contributed by atoms with van der Waals surface area (Å²) in [6, 6.07) is 9.20. The molecule has 1 atom stereocenters. The monoisotopic (exact) mass is 360 g/mol. The first-order chi connectivity index (χ1) is 12.6. The van der Waals surface area contributed by atoms with Gasteiger partial charge in [-0.05, 0) is 36.8 Å². The molecule has 1 aliphatic rings. The Balaban J connectivity index is 1.70. The molecule has 1 unspecified atom stereocenters. The van der Waals surface area contributed by atoms with E-state index in [1.54, 1.807) is 18.2 Å². The third-order valence-electron chi connectivity index (χ3n) is 3.98. The van der Waals surface area contributed by atoms with E-state index in [4.69, 9.17) is 14.2 Å². The SMILES string of the molecule is COc1cc(C)ccc1Oc1ccc(NC(=O)C2COCCN2)cc1F. The average molecular weight is 360 g/mol. The molecule has 6 nitrogen and oxygen atoms in total. The van der Waals surface area contributed by atoms with Gasteiger partial charge in [-0.2, -0.15) is 0 Å². The normalized spacial score (nSPS) is 16.8. The summed E-state index contributed by atoms with van der Waals surface area (Å²) in [5, 5.41) is 5.72. The molecule has 1 amide bonds. The molecule has 1 heterocycles. The fraction of sp³-hybridized carbons (Fsp3) is 0.316. The predicted octanol–water partition coefficient (Wildman–Crippen LogP) is 2.86. The number of carbonyl (C=O) groups excluding carboxylic acids is 1. The van der Waals surface area contributed by atoms with Crippen LogP contribution in [0, 0.1) is 12.7 Å². The van der Waals surface area contributed by atoms with Crippen molar-refractivity contribution in [2.24, 2.45) is 0 Å². The van der Waals surface area contributed by atoms with Crippen LogP contribution in [-0.2, 0) is 9.53 Å². The Labute approximate surface area is 151 Å². The van der Waals surface area contributed by atoms with E-state index in [0.29, 0.717) is 36.9 Å². The highest BCUT2D eigenvalue weighted by atomic mass is 19.1. The van der Waals surface area contributed by atoms with Gasteiger partial charge in [-0.25, -0.2) is 4.39 Å². The number of amides is 1. The molecular weight excluding hydrogens is 339 g/mol. The van der Waals surface area contributed by atoms with Crippen LogP contribution in [0.2, 0.25) is 0 Å². The van der Waals surface area contributed by atoms with Crippen molar-refractivity contribution in [1.29, 1.82) is 0 Å². The minimum Gasteiger partial charge on any atom is -0.493 e. The predicted molar refractivity (Wildman–Crippen MR) is 95.4 cm³/mol. The van der Waals surface area contributed by atoms with E-state index in [-0.39, 0.29) is 11.7 Å². The van der Waals surface area contributed by atoms with E-state index in [1.807, 2.05) is 13.0 Å². The number of benzene rings is 2. The van der Waals surface area contributed by atoms with Crippen LogP contribution in [0.4, 0.5) is 10.1 Å². The molecule has 1 fully saturated rings. The maximum absolute atomic E-state index is 14.4. The standard InChI is InChI=1S/C19H21FN2O4/c1-12-3-5-17(18(9-12)24-2)26-16-6-4-13(10-14(16)20)22-19(23)15-11-25-8-7-21-15/h3-6,9-10,15,21H,7-8,11H2,1-2H3,(H,22,23). The highest BCUT2D eigenvalue weighted by Crippen LogP contribution is 2.34. The lowest BCUT2D eigenvalue weighted by Gasteiger charge is -2.23. The van der Waals surface area contributed by atoms with E-state index < -0.39 is 11.9 Å². The summed E-state index contributed by atoms with van der Waals surface area (Å²) in [5.41, 5.74) is 1.36. The molecule has 138 valence electrons. The zero-order chi connectivity index (χ0) is 18.5. The van der Waals surface area contributed by atoms with Crippen molar-refractivity contribution in [3.8, 4) is 17.2 Å². The third kappa shape index (κ3) is 4.30. The number of aryl methyl sites for hydroxylation is 1. The van der Waals surface area contributed by atoms with Crippen molar-refractivity contribution in [3.05, 3.63) is 47.8 Å². The second-order valence-electron chi connectivity index (χ2n) is 5.97. The maximum Gasteiger partial charge on any atom is 0.243 e. The Morgan fingerprint density at radius 2 is 2.04 bits per heavy atom. The van der Waals surface area contributed by atoms with Gasteiger partial charge in [0.15, 0.2) is 23.1 Å². The molecular formula is C19H21FN2O4. The van der Waals surface area contributed by atoms with Gasteiger partial charge in [-0.15, -0.1) is 0 Å². The van der Waals surface area contributed by atoms with E-state index in [1.165, 1.54) is 19.2 Å². The van der Waals surface area contributed by atoms with Crippen LogP contribution in [-0.4, -0.2) is 38.8 Å². The lowest BCUT2D eigenvalue weighted by Crippen LogP contribution is -2.48. The van der Waals surface area contributed by atoms with Gasteiger partial charge in [0.05, 0.1) is 20.3 Å². The first-order valence-corrected chi connectivity index (χ1v) is 8.31. The molecule has 7 heteroatoms. The van der Waals surface area contributed by atoms with E-state index >= 15 is 0 Å². The molecule has 0 aliphatic carbocycles. The molecule has 26 heavy (non-hydrogen) atoms. The van der Waals surface area contributed by atoms with Crippen LogP contribution in [0.25, 0.3) is 0 Å². The zero-order valence-corrected chi connectivity index (χ0v) is 14.7. The number of ether oxygens (including phenoxy) is 3. The van der Waals surface area contributed by atoms with Gasteiger partial charge in [0.2, 0.25) is 5.91 Å². The highest BCUT2D eigenvalue weighted by Gasteiger charge is 2.21. The van der Waals surface area contributed by atoms with Crippen molar-refractivity contribution in [2.75, 3.05) is 32.2 Å².